The van der Waals surface area contributed by atoms with Gasteiger partial charge in [0.1, 0.15) is 0 Å². The molecule has 0 saturated carbocycles. The molecule has 0 amide bonds. The van der Waals surface area contributed by atoms with E-state index in [0.717, 1.165) is 30.9 Å². The number of unbranched alkanes of at least 4 members (excludes halogenated alkanes) is 4. The van der Waals surface area contributed by atoms with Gasteiger partial charge in [-0.2, -0.15) is 0 Å². The van der Waals surface area contributed by atoms with Crippen LogP contribution in [0.4, 0.5) is 0 Å². The molecular formula is C18H31NO2. The Morgan fingerprint density at radius 1 is 1.00 bits per heavy atom. The van der Waals surface area contributed by atoms with E-state index >= 15 is 0 Å². The van der Waals surface area contributed by atoms with Crippen LogP contribution in [-0.2, 0) is 6.42 Å². The first-order chi connectivity index (χ1) is 10.2. The average Bonchev–Trinajstić information content (AvgIpc) is 2.44. The van der Waals surface area contributed by atoms with Crippen LogP contribution in [0, 0.1) is 0 Å². The van der Waals surface area contributed by atoms with Gasteiger partial charge in [0.2, 0.25) is 0 Å². The number of rotatable bonds is 11. The maximum absolute atomic E-state index is 5.87. The molecule has 0 spiro atoms. The zero-order valence-electron chi connectivity index (χ0n) is 13.9. The van der Waals surface area contributed by atoms with Gasteiger partial charge in [-0.1, -0.05) is 38.7 Å². The van der Waals surface area contributed by atoms with E-state index in [1.807, 2.05) is 19.9 Å². The average molecular weight is 293 g/mol. The molecule has 120 valence electrons. The zero-order valence-corrected chi connectivity index (χ0v) is 13.9. The van der Waals surface area contributed by atoms with Crippen molar-refractivity contribution in [2.75, 3.05) is 13.2 Å². The van der Waals surface area contributed by atoms with Gasteiger partial charge in [0, 0.05) is 6.04 Å². The lowest BCUT2D eigenvalue weighted by atomic mass is 10.1. The van der Waals surface area contributed by atoms with Crippen molar-refractivity contribution in [1.29, 1.82) is 0 Å². The summed E-state index contributed by atoms with van der Waals surface area (Å²) in [5.41, 5.74) is 7.05. The van der Waals surface area contributed by atoms with Gasteiger partial charge >= 0.3 is 0 Å². The van der Waals surface area contributed by atoms with Crippen molar-refractivity contribution in [2.24, 2.45) is 5.73 Å². The van der Waals surface area contributed by atoms with Crippen molar-refractivity contribution >= 4 is 0 Å². The van der Waals surface area contributed by atoms with Gasteiger partial charge in [0.05, 0.1) is 13.2 Å². The largest absolute Gasteiger partial charge is 0.490 e. The Morgan fingerprint density at radius 2 is 1.76 bits per heavy atom. The smallest absolute Gasteiger partial charge is 0.161 e. The highest BCUT2D eigenvalue weighted by atomic mass is 16.5. The highest BCUT2D eigenvalue weighted by molar-refractivity contribution is 5.43. The Balaban J connectivity index is 2.51. The van der Waals surface area contributed by atoms with Crippen molar-refractivity contribution in [3.8, 4) is 11.5 Å². The summed E-state index contributed by atoms with van der Waals surface area (Å²) in [6.07, 6.45) is 7.09. The molecule has 0 aliphatic heterocycles. The molecule has 1 unspecified atom stereocenters. The predicted octanol–water partition coefficient (Wildman–Crippen LogP) is 4.32. The molecule has 1 aromatic rings. The van der Waals surface area contributed by atoms with Crippen LogP contribution in [0.25, 0.3) is 0 Å². The van der Waals surface area contributed by atoms with Crippen molar-refractivity contribution in [3.05, 3.63) is 23.8 Å². The normalized spacial score (nSPS) is 12.2. The lowest BCUT2D eigenvalue weighted by Crippen LogP contribution is -2.17. The monoisotopic (exact) mass is 293 g/mol. The summed E-state index contributed by atoms with van der Waals surface area (Å²) in [5, 5.41) is 0. The zero-order chi connectivity index (χ0) is 15.5. The maximum Gasteiger partial charge on any atom is 0.161 e. The van der Waals surface area contributed by atoms with Crippen LogP contribution < -0.4 is 15.2 Å². The molecular weight excluding hydrogens is 262 g/mol. The van der Waals surface area contributed by atoms with Gasteiger partial charge in [-0.25, -0.2) is 0 Å². The van der Waals surface area contributed by atoms with E-state index in [-0.39, 0.29) is 6.04 Å². The fourth-order valence-electron chi connectivity index (χ4n) is 2.33. The summed E-state index contributed by atoms with van der Waals surface area (Å²) in [6.45, 7) is 7.65. The van der Waals surface area contributed by atoms with Crippen LogP contribution >= 0.6 is 0 Å². The quantitative estimate of drug-likeness (QED) is 0.618. The minimum atomic E-state index is 0.157. The molecule has 0 fully saturated rings. The third kappa shape index (κ3) is 7.37. The summed E-state index contributed by atoms with van der Waals surface area (Å²) in [5.74, 6) is 1.69. The molecule has 1 aromatic carbocycles. The van der Waals surface area contributed by atoms with Crippen LogP contribution in [0.15, 0.2) is 18.2 Å². The lowest BCUT2D eigenvalue weighted by Gasteiger charge is -2.14. The molecule has 0 aromatic heterocycles. The molecule has 3 nitrogen and oxygen atoms in total. The minimum absolute atomic E-state index is 0.157. The molecule has 0 heterocycles. The Hall–Kier alpha value is -1.22. The summed E-state index contributed by atoms with van der Waals surface area (Å²) in [6, 6.07) is 6.30. The Labute approximate surface area is 129 Å². The van der Waals surface area contributed by atoms with Crippen LogP contribution in [0.2, 0.25) is 0 Å². The topological polar surface area (TPSA) is 44.5 Å². The second-order valence-electron chi connectivity index (χ2n) is 5.66. The van der Waals surface area contributed by atoms with Gasteiger partial charge in [0.25, 0.3) is 0 Å². The van der Waals surface area contributed by atoms with Gasteiger partial charge < -0.3 is 15.2 Å². The van der Waals surface area contributed by atoms with E-state index in [4.69, 9.17) is 15.2 Å². The molecule has 3 heteroatoms. The fourth-order valence-corrected chi connectivity index (χ4v) is 2.33. The summed E-state index contributed by atoms with van der Waals surface area (Å²) in [4.78, 5) is 0. The number of nitrogens with two attached hydrogens (primary N) is 1. The van der Waals surface area contributed by atoms with E-state index in [0.29, 0.717) is 6.61 Å². The number of hydrogen-bond acceptors (Lipinski definition) is 3. The van der Waals surface area contributed by atoms with Crippen LogP contribution in [0.1, 0.15) is 58.4 Å². The first-order valence-electron chi connectivity index (χ1n) is 8.31. The molecule has 21 heavy (non-hydrogen) atoms. The molecule has 0 saturated heterocycles. The van der Waals surface area contributed by atoms with Gasteiger partial charge in [-0.3, -0.25) is 0 Å². The summed E-state index contributed by atoms with van der Waals surface area (Å²) < 4.78 is 11.6. The first-order valence-corrected chi connectivity index (χ1v) is 8.31. The van der Waals surface area contributed by atoms with E-state index in [1.54, 1.807) is 0 Å². The Kier molecular flexibility index (Phi) is 8.91. The predicted molar refractivity (Wildman–Crippen MR) is 89.2 cm³/mol. The molecule has 1 rings (SSSR count). The highest BCUT2D eigenvalue weighted by Crippen LogP contribution is 2.29. The van der Waals surface area contributed by atoms with Gasteiger partial charge in [-0.15, -0.1) is 0 Å². The molecule has 2 N–H and O–H groups in total. The second-order valence-corrected chi connectivity index (χ2v) is 5.66. The summed E-state index contributed by atoms with van der Waals surface area (Å²) in [7, 11) is 0. The van der Waals surface area contributed by atoms with Gasteiger partial charge in [-0.05, 0) is 44.4 Å². The standard InChI is InChI=1S/C18H31NO2/c1-4-6-7-8-9-12-21-17-11-10-16(13-15(3)19)14-18(17)20-5-2/h10-11,14-15H,4-9,12-13,19H2,1-3H3. The molecule has 0 bridgehead atoms. The molecule has 1 atom stereocenters. The Morgan fingerprint density at radius 3 is 2.43 bits per heavy atom. The second kappa shape index (κ2) is 10.5. The van der Waals surface area contributed by atoms with Crippen molar-refractivity contribution in [1.82, 2.24) is 0 Å². The van der Waals surface area contributed by atoms with Crippen molar-refractivity contribution in [3.63, 3.8) is 0 Å². The van der Waals surface area contributed by atoms with Crippen molar-refractivity contribution < 1.29 is 9.47 Å². The lowest BCUT2D eigenvalue weighted by molar-refractivity contribution is 0.270. The van der Waals surface area contributed by atoms with E-state index in [9.17, 15) is 0 Å². The van der Waals surface area contributed by atoms with E-state index < -0.39 is 0 Å². The maximum atomic E-state index is 5.87. The van der Waals surface area contributed by atoms with Crippen LogP contribution in [0.3, 0.4) is 0 Å². The molecule has 0 radical (unpaired) electrons. The minimum Gasteiger partial charge on any atom is -0.490 e. The molecule has 0 aliphatic carbocycles. The van der Waals surface area contributed by atoms with Gasteiger partial charge in [0.15, 0.2) is 11.5 Å². The number of benzene rings is 1. The molecule has 0 aliphatic rings. The number of ether oxygens (including phenoxy) is 2. The van der Waals surface area contributed by atoms with Crippen molar-refractivity contribution in [2.45, 2.75) is 65.3 Å². The highest BCUT2D eigenvalue weighted by Gasteiger charge is 2.07. The third-order valence-electron chi connectivity index (χ3n) is 3.37. The fraction of sp³-hybridized carbons (Fsp3) is 0.667. The first kappa shape index (κ1) is 17.8. The number of hydrogen-bond donors (Lipinski definition) is 1. The summed E-state index contributed by atoms with van der Waals surface area (Å²) >= 11 is 0. The Bertz CT molecular complexity index is 391. The van der Waals surface area contributed by atoms with Crippen LogP contribution in [0.5, 0.6) is 11.5 Å². The van der Waals surface area contributed by atoms with E-state index in [1.165, 1.54) is 31.2 Å². The van der Waals surface area contributed by atoms with Crippen LogP contribution in [-0.4, -0.2) is 19.3 Å². The SMILES string of the molecule is CCCCCCCOc1ccc(CC(C)N)cc1OCC. The third-order valence-corrected chi connectivity index (χ3v) is 3.37. The van der Waals surface area contributed by atoms with E-state index in [2.05, 4.69) is 19.1 Å².